The number of anilines is 1. The molecule has 118 valence electrons. The molecule has 0 amide bonds. The normalized spacial score (nSPS) is 16.7. The molecule has 1 N–H and O–H groups in total. The van der Waals surface area contributed by atoms with Gasteiger partial charge in [-0.2, -0.15) is 0 Å². The van der Waals surface area contributed by atoms with Gasteiger partial charge in [0.25, 0.3) is 0 Å². The third kappa shape index (κ3) is 4.42. The fourth-order valence-electron chi connectivity index (χ4n) is 2.82. The standard InChI is InChI=1S/C17H30N4/c1-5-16-11-15(13-18-6-2)12-17(19-16)21-9-7-20(8-10-21)14(3)4/h11-12,14,18H,5-10,13H2,1-4H3. The minimum Gasteiger partial charge on any atom is -0.354 e. The van der Waals surface area contributed by atoms with E-state index in [4.69, 9.17) is 4.98 Å². The number of hydrogen-bond donors (Lipinski definition) is 1. The van der Waals surface area contributed by atoms with Gasteiger partial charge in [-0.1, -0.05) is 13.8 Å². The van der Waals surface area contributed by atoms with Gasteiger partial charge in [-0.3, -0.25) is 4.90 Å². The molecule has 1 aliphatic rings. The van der Waals surface area contributed by atoms with Gasteiger partial charge in [0, 0.05) is 44.5 Å². The summed E-state index contributed by atoms with van der Waals surface area (Å²) in [7, 11) is 0. The van der Waals surface area contributed by atoms with Crippen molar-refractivity contribution in [2.75, 3.05) is 37.6 Å². The van der Waals surface area contributed by atoms with Gasteiger partial charge in [-0.05, 0) is 44.5 Å². The smallest absolute Gasteiger partial charge is 0.129 e. The van der Waals surface area contributed by atoms with Crippen molar-refractivity contribution in [2.24, 2.45) is 0 Å². The minimum atomic E-state index is 0.645. The molecule has 1 aromatic heterocycles. The van der Waals surface area contributed by atoms with E-state index in [9.17, 15) is 0 Å². The Morgan fingerprint density at radius 3 is 2.43 bits per heavy atom. The monoisotopic (exact) mass is 290 g/mol. The molecule has 4 nitrogen and oxygen atoms in total. The summed E-state index contributed by atoms with van der Waals surface area (Å²) >= 11 is 0. The van der Waals surface area contributed by atoms with E-state index in [-0.39, 0.29) is 0 Å². The highest BCUT2D eigenvalue weighted by Crippen LogP contribution is 2.18. The van der Waals surface area contributed by atoms with Gasteiger partial charge >= 0.3 is 0 Å². The van der Waals surface area contributed by atoms with Crippen molar-refractivity contribution >= 4 is 5.82 Å². The maximum Gasteiger partial charge on any atom is 0.129 e. The van der Waals surface area contributed by atoms with Gasteiger partial charge in [0.1, 0.15) is 5.82 Å². The molecule has 0 atom stereocenters. The average Bonchev–Trinajstić information content (AvgIpc) is 2.52. The summed E-state index contributed by atoms with van der Waals surface area (Å²) in [5.74, 6) is 1.16. The van der Waals surface area contributed by atoms with Gasteiger partial charge < -0.3 is 10.2 Å². The highest BCUT2D eigenvalue weighted by atomic mass is 15.3. The first-order valence-corrected chi connectivity index (χ1v) is 8.33. The number of aryl methyl sites for hydroxylation is 1. The number of hydrogen-bond acceptors (Lipinski definition) is 4. The molecule has 0 unspecified atom stereocenters. The van der Waals surface area contributed by atoms with Crippen LogP contribution in [-0.4, -0.2) is 48.6 Å². The van der Waals surface area contributed by atoms with Crippen LogP contribution in [0.15, 0.2) is 12.1 Å². The summed E-state index contributed by atoms with van der Waals surface area (Å²) in [6.07, 6.45) is 0.999. The molecule has 2 heterocycles. The largest absolute Gasteiger partial charge is 0.354 e. The summed E-state index contributed by atoms with van der Waals surface area (Å²) in [5, 5.41) is 3.41. The minimum absolute atomic E-state index is 0.645. The molecule has 0 saturated carbocycles. The van der Waals surface area contributed by atoms with Crippen molar-refractivity contribution < 1.29 is 0 Å². The highest BCUT2D eigenvalue weighted by molar-refractivity contribution is 5.43. The molecule has 1 saturated heterocycles. The Morgan fingerprint density at radius 2 is 1.86 bits per heavy atom. The molecule has 0 aliphatic carbocycles. The lowest BCUT2D eigenvalue weighted by molar-refractivity contribution is 0.209. The molecule has 0 bridgehead atoms. The van der Waals surface area contributed by atoms with E-state index in [1.165, 1.54) is 11.3 Å². The Balaban J connectivity index is 2.08. The van der Waals surface area contributed by atoms with E-state index < -0.39 is 0 Å². The van der Waals surface area contributed by atoms with Crippen LogP contribution in [0.4, 0.5) is 5.82 Å². The summed E-state index contributed by atoms with van der Waals surface area (Å²) < 4.78 is 0. The quantitative estimate of drug-likeness (QED) is 0.871. The van der Waals surface area contributed by atoms with E-state index in [1.807, 2.05) is 0 Å². The second-order valence-electron chi connectivity index (χ2n) is 6.08. The number of aromatic nitrogens is 1. The molecular weight excluding hydrogens is 260 g/mol. The maximum absolute atomic E-state index is 4.83. The molecule has 2 rings (SSSR count). The van der Waals surface area contributed by atoms with Crippen LogP contribution < -0.4 is 10.2 Å². The van der Waals surface area contributed by atoms with Crippen molar-refractivity contribution in [3.05, 3.63) is 23.4 Å². The van der Waals surface area contributed by atoms with Gasteiger partial charge in [-0.15, -0.1) is 0 Å². The van der Waals surface area contributed by atoms with Crippen LogP contribution in [0.5, 0.6) is 0 Å². The van der Waals surface area contributed by atoms with Crippen LogP contribution in [-0.2, 0) is 13.0 Å². The van der Waals surface area contributed by atoms with E-state index in [2.05, 4.69) is 54.9 Å². The lowest BCUT2D eigenvalue weighted by Crippen LogP contribution is -2.49. The van der Waals surface area contributed by atoms with Crippen molar-refractivity contribution in [3.8, 4) is 0 Å². The lowest BCUT2D eigenvalue weighted by atomic mass is 10.1. The third-order valence-corrected chi connectivity index (χ3v) is 4.23. The maximum atomic E-state index is 4.83. The molecule has 1 aliphatic heterocycles. The number of rotatable bonds is 6. The molecule has 4 heteroatoms. The number of pyridine rings is 1. The van der Waals surface area contributed by atoms with Crippen molar-refractivity contribution in [1.82, 2.24) is 15.2 Å². The molecule has 0 spiro atoms. The Morgan fingerprint density at radius 1 is 1.14 bits per heavy atom. The third-order valence-electron chi connectivity index (χ3n) is 4.23. The molecule has 1 fully saturated rings. The van der Waals surface area contributed by atoms with E-state index >= 15 is 0 Å². The van der Waals surface area contributed by atoms with E-state index in [0.717, 1.165) is 51.5 Å². The Kier molecular flexibility index (Phi) is 6.00. The van der Waals surface area contributed by atoms with Crippen LogP contribution in [0.3, 0.4) is 0 Å². The predicted octanol–water partition coefficient (Wildman–Crippen LogP) is 2.28. The Bertz CT molecular complexity index is 436. The molecule has 0 aromatic carbocycles. The summed E-state index contributed by atoms with van der Waals surface area (Å²) in [6, 6.07) is 5.13. The van der Waals surface area contributed by atoms with Gasteiger partial charge in [-0.25, -0.2) is 4.98 Å². The molecular formula is C17H30N4. The predicted molar refractivity (Wildman–Crippen MR) is 89.9 cm³/mol. The van der Waals surface area contributed by atoms with Gasteiger partial charge in [0.2, 0.25) is 0 Å². The van der Waals surface area contributed by atoms with Crippen molar-refractivity contribution in [2.45, 2.75) is 46.7 Å². The van der Waals surface area contributed by atoms with Gasteiger partial charge in [0.15, 0.2) is 0 Å². The molecule has 0 radical (unpaired) electrons. The fourth-order valence-corrected chi connectivity index (χ4v) is 2.82. The summed E-state index contributed by atoms with van der Waals surface area (Å²) in [5.41, 5.74) is 2.55. The topological polar surface area (TPSA) is 31.4 Å². The molecule has 21 heavy (non-hydrogen) atoms. The van der Waals surface area contributed by atoms with Crippen LogP contribution in [0.2, 0.25) is 0 Å². The van der Waals surface area contributed by atoms with E-state index in [0.29, 0.717) is 6.04 Å². The molecule has 1 aromatic rings. The zero-order chi connectivity index (χ0) is 15.2. The van der Waals surface area contributed by atoms with Crippen LogP contribution in [0.1, 0.15) is 39.0 Å². The van der Waals surface area contributed by atoms with E-state index in [1.54, 1.807) is 0 Å². The first-order valence-electron chi connectivity index (χ1n) is 8.33. The highest BCUT2D eigenvalue weighted by Gasteiger charge is 2.20. The zero-order valence-electron chi connectivity index (χ0n) is 14.0. The second kappa shape index (κ2) is 7.76. The average molecular weight is 290 g/mol. The SMILES string of the molecule is CCNCc1cc(CC)nc(N2CCN(C(C)C)CC2)c1. The van der Waals surface area contributed by atoms with Crippen molar-refractivity contribution in [3.63, 3.8) is 0 Å². The zero-order valence-corrected chi connectivity index (χ0v) is 14.0. The number of nitrogens with one attached hydrogen (secondary N) is 1. The fraction of sp³-hybridized carbons (Fsp3) is 0.706. The number of nitrogens with zero attached hydrogens (tertiary/aromatic N) is 3. The lowest BCUT2D eigenvalue weighted by Gasteiger charge is -2.37. The van der Waals surface area contributed by atoms with Crippen LogP contribution >= 0.6 is 0 Å². The Labute approximate surface area is 129 Å². The van der Waals surface area contributed by atoms with Crippen LogP contribution in [0.25, 0.3) is 0 Å². The summed E-state index contributed by atoms with van der Waals surface area (Å²) in [6.45, 7) is 15.3. The first kappa shape index (κ1) is 16.2. The van der Waals surface area contributed by atoms with Gasteiger partial charge in [0.05, 0.1) is 0 Å². The first-order chi connectivity index (χ1) is 10.1. The summed E-state index contributed by atoms with van der Waals surface area (Å²) in [4.78, 5) is 9.81. The Hall–Kier alpha value is -1.13. The van der Waals surface area contributed by atoms with Crippen molar-refractivity contribution in [1.29, 1.82) is 0 Å². The van der Waals surface area contributed by atoms with Crippen LogP contribution in [0, 0.1) is 0 Å². The second-order valence-corrected chi connectivity index (χ2v) is 6.08. The number of piperazine rings is 1.